The van der Waals surface area contributed by atoms with Crippen molar-refractivity contribution in [3.8, 4) is 0 Å². The monoisotopic (exact) mass is 220 g/mol. The maximum Gasteiger partial charge on any atom is 0.335 e. The molecule has 0 radical (unpaired) electrons. The molecule has 1 saturated heterocycles. The summed E-state index contributed by atoms with van der Waals surface area (Å²) in [4.78, 5) is 10.8. The third-order valence-electron chi connectivity index (χ3n) is 2.76. The Hall–Kier alpha value is -0.690. The minimum atomic E-state index is -1.25. The molecule has 1 aliphatic rings. The predicted octanol–water partition coefficient (Wildman–Crippen LogP) is 0.212. The first-order chi connectivity index (χ1) is 6.88. The third kappa shape index (κ3) is 1.98. The van der Waals surface area contributed by atoms with Gasteiger partial charge in [-0.1, -0.05) is 0 Å². The molecule has 0 saturated carbocycles. The Morgan fingerprint density at radius 1 is 1.33 bits per heavy atom. The zero-order valence-corrected chi connectivity index (χ0v) is 9.27. The standard InChI is InChI=1S/C9H16O6/c1-8(12-3)9(2,13-4)15-6(5-14-8)7(10)11/h6H,5H2,1-4H3,(H,10,11)/t6-,8+,9+/m1/s1. The van der Waals surface area contributed by atoms with E-state index in [0.29, 0.717) is 0 Å². The van der Waals surface area contributed by atoms with Crippen molar-refractivity contribution < 1.29 is 28.8 Å². The zero-order chi connectivity index (χ0) is 11.7. The van der Waals surface area contributed by atoms with Gasteiger partial charge in [-0.2, -0.15) is 0 Å². The molecule has 6 nitrogen and oxygen atoms in total. The molecule has 0 bridgehead atoms. The van der Waals surface area contributed by atoms with Gasteiger partial charge in [-0.05, 0) is 13.8 Å². The van der Waals surface area contributed by atoms with Crippen molar-refractivity contribution in [3.05, 3.63) is 0 Å². The summed E-state index contributed by atoms with van der Waals surface area (Å²) in [6.07, 6.45) is -1.04. The van der Waals surface area contributed by atoms with Crippen molar-refractivity contribution >= 4 is 5.97 Å². The molecule has 0 aromatic carbocycles. The van der Waals surface area contributed by atoms with E-state index in [-0.39, 0.29) is 6.61 Å². The summed E-state index contributed by atoms with van der Waals surface area (Å²) in [6, 6.07) is 0. The van der Waals surface area contributed by atoms with Gasteiger partial charge in [-0.3, -0.25) is 0 Å². The molecule has 1 fully saturated rings. The molecule has 1 rings (SSSR count). The van der Waals surface area contributed by atoms with Crippen LogP contribution >= 0.6 is 0 Å². The lowest BCUT2D eigenvalue weighted by Crippen LogP contribution is -2.63. The molecule has 1 heterocycles. The van der Waals surface area contributed by atoms with E-state index in [0.717, 1.165) is 0 Å². The number of hydrogen-bond donors (Lipinski definition) is 1. The van der Waals surface area contributed by atoms with E-state index in [1.165, 1.54) is 14.2 Å². The lowest BCUT2D eigenvalue weighted by atomic mass is 10.1. The number of aliphatic carboxylic acids is 1. The van der Waals surface area contributed by atoms with Gasteiger partial charge in [-0.15, -0.1) is 0 Å². The summed E-state index contributed by atoms with van der Waals surface area (Å²) >= 11 is 0. The van der Waals surface area contributed by atoms with Gasteiger partial charge in [0.1, 0.15) is 0 Å². The van der Waals surface area contributed by atoms with Crippen LogP contribution < -0.4 is 0 Å². The smallest absolute Gasteiger partial charge is 0.335 e. The van der Waals surface area contributed by atoms with E-state index in [4.69, 9.17) is 24.1 Å². The van der Waals surface area contributed by atoms with Crippen molar-refractivity contribution in [1.82, 2.24) is 0 Å². The fourth-order valence-corrected chi connectivity index (χ4v) is 1.38. The number of methoxy groups -OCH3 is 2. The van der Waals surface area contributed by atoms with Crippen molar-refractivity contribution in [3.63, 3.8) is 0 Å². The second-order valence-corrected chi connectivity index (χ2v) is 3.56. The minimum absolute atomic E-state index is 0.0708. The molecule has 88 valence electrons. The quantitative estimate of drug-likeness (QED) is 0.733. The first kappa shape index (κ1) is 12.4. The topological polar surface area (TPSA) is 74.2 Å². The fraction of sp³-hybridized carbons (Fsp3) is 0.889. The molecule has 1 aliphatic heterocycles. The molecule has 3 atom stereocenters. The highest BCUT2D eigenvalue weighted by atomic mass is 16.8. The van der Waals surface area contributed by atoms with Gasteiger partial charge in [0.05, 0.1) is 6.61 Å². The Balaban J connectivity index is 2.88. The number of carboxylic acid groups (broad SMARTS) is 1. The molecule has 1 N–H and O–H groups in total. The highest BCUT2D eigenvalue weighted by Gasteiger charge is 2.54. The van der Waals surface area contributed by atoms with Gasteiger partial charge in [0.2, 0.25) is 11.6 Å². The summed E-state index contributed by atoms with van der Waals surface area (Å²) in [5.74, 6) is -3.45. The van der Waals surface area contributed by atoms with Crippen LogP contribution in [0.5, 0.6) is 0 Å². The molecule has 6 heteroatoms. The van der Waals surface area contributed by atoms with E-state index in [2.05, 4.69) is 0 Å². The predicted molar refractivity (Wildman–Crippen MR) is 49.3 cm³/mol. The molecule has 0 spiro atoms. The lowest BCUT2D eigenvalue weighted by molar-refractivity contribution is -0.426. The van der Waals surface area contributed by atoms with Gasteiger partial charge < -0.3 is 24.1 Å². The number of hydrogen-bond acceptors (Lipinski definition) is 5. The van der Waals surface area contributed by atoms with Crippen LogP contribution in [0.4, 0.5) is 0 Å². The first-order valence-corrected chi connectivity index (χ1v) is 4.53. The number of rotatable bonds is 3. The Morgan fingerprint density at radius 3 is 2.27 bits per heavy atom. The van der Waals surface area contributed by atoms with Crippen molar-refractivity contribution in [2.75, 3.05) is 20.8 Å². The molecule has 0 aliphatic carbocycles. The van der Waals surface area contributed by atoms with Crippen LogP contribution in [0.3, 0.4) is 0 Å². The van der Waals surface area contributed by atoms with Crippen LogP contribution in [-0.4, -0.2) is 49.6 Å². The van der Waals surface area contributed by atoms with Crippen molar-refractivity contribution in [2.24, 2.45) is 0 Å². The van der Waals surface area contributed by atoms with Crippen LogP contribution in [0.1, 0.15) is 13.8 Å². The number of carbonyl (C=O) groups is 1. The Labute approximate surface area is 88.1 Å². The molecular weight excluding hydrogens is 204 g/mol. The number of ether oxygens (including phenoxy) is 4. The van der Waals surface area contributed by atoms with Gasteiger partial charge in [0, 0.05) is 14.2 Å². The summed E-state index contributed by atoms with van der Waals surface area (Å²) in [5.41, 5.74) is 0. The van der Waals surface area contributed by atoms with Crippen LogP contribution in [0.2, 0.25) is 0 Å². The van der Waals surface area contributed by atoms with Crippen LogP contribution in [0, 0.1) is 0 Å². The van der Waals surface area contributed by atoms with Crippen molar-refractivity contribution in [2.45, 2.75) is 31.5 Å². The van der Waals surface area contributed by atoms with E-state index < -0.39 is 23.6 Å². The van der Waals surface area contributed by atoms with Crippen LogP contribution in [0.15, 0.2) is 0 Å². The maximum atomic E-state index is 10.8. The largest absolute Gasteiger partial charge is 0.479 e. The maximum absolute atomic E-state index is 10.8. The molecule has 0 aromatic heterocycles. The molecule has 0 amide bonds. The molecule has 15 heavy (non-hydrogen) atoms. The Kier molecular flexibility index (Phi) is 3.34. The Bertz CT molecular complexity index is 255. The highest BCUT2D eigenvalue weighted by Crippen LogP contribution is 2.36. The second-order valence-electron chi connectivity index (χ2n) is 3.56. The van der Waals surface area contributed by atoms with Crippen LogP contribution in [-0.2, 0) is 23.7 Å². The minimum Gasteiger partial charge on any atom is -0.479 e. The average Bonchev–Trinajstić information content (AvgIpc) is 2.22. The first-order valence-electron chi connectivity index (χ1n) is 4.53. The van der Waals surface area contributed by atoms with E-state index >= 15 is 0 Å². The summed E-state index contributed by atoms with van der Waals surface area (Å²) < 4.78 is 20.9. The number of carboxylic acids is 1. The lowest BCUT2D eigenvalue weighted by Gasteiger charge is -2.47. The van der Waals surface area contributed by atoms with Crippen molar-refractivity contribution in [1.29, 1.82) is 0 Å². The average molecular weight is 220 g/mol. The summed E-state index contributed by atoms with van der Waals surface area (Å²) in [6.45, 7) is 3.14. The third-order valence-corrected chi connectivity index (χ3v) is 2.76. The van der Waals surface area contributed by atoms with Gasteiger partial charge >= 0.3 is 5.97 Å². The van der Waals surface area contributed by atoms with E-state index in [9.17, 15) is 4.79 Å². The zero-order valence-electron chi connectivity index (χ0n) is 9.27. The summed E-state index contributed by atoms with van der Waals surface area (Å²) in [5, 5.41) is 8.81. The normalized spacial score (nSPS) is 41.5. The highest BCUT2D eigenvalue weighted by molar-refractivity contribution is 5.72. The molecular formula is C9H16O6. The summed E-state index contributed by atoms with van der Waals surface area (Å²) in [7, 11) is 2.85. The van der Waals surface area contributed by atoms with Gasteiger partial charge in [0.25, 0.3) is 0 Å². The van der Waals surface area contributed by atoms with E-state index in [1.807, 2.05) is 0 Å². The molecule has 0 aromatic rings. The fourth-order valence-electron chi connectivity index (χ4n) is 1.38. The van der Waals surface area contributed by atoms with E-state index in [1.54, 1.807) is 13.8 Å². The SMILES string of the molecule is CO[C@@]1(C)OC[C@H](C(=O)O)O[C@]1(C)OC. The van der Waals surface area contributed by atoms with Crippen LogP contribution in [0.25, 0.3) is 0 Å². The van der Waals surface area contributed by atoms with Gasteiger partial charge in [0.15, 0.2) is 6.10 Å². The Morgan fingerprint density at radius 2 is 1.87 bits per heavy atom. The van der Waals surface area contributed by atoms with Gasteiger partial charge in [-0.25, -0.2) is 4.79 Å². The molecule has 0 unspecified atom stereocenters. The second kappa shape index (κ2) is 4.05.